The van der Waals surface area contributed by atoms with Crippen molar-refractivity contribution in [1.29, 1.82) is 0 Å². The highest BCUT2D eigenvalue weighted by atomic mass is 19.1. The molecule has 0 spiro atoms. The van der Waals surface area contributed by atoms with E-state index in [1.54, 1.807) is 6.92 Å². The Morgan fingerprint density at radius 1 is 1.35 bits per heavy atom. The number of rotatable bonds is 5. The van der Waals surface area contributed by atoms with Gasteiger partial charge in [0, 0.05) is 23.5 Å². The lowest BCUT2D eigenvalue weighted by molar-refractivity contribution is 0.322. The maximum absolute atomic E-state index is 13.8. The Labute approximate surface area is 132 Å². The number of halogens is 2. The molecule has 0 radical (unpaired) electrons. The van der Waals surface area contributed by atoms with Crippen LogP contribution >= 0.6 is 0 Å². The number of hydrogen-bond donors (Lipinski definition) is 3. The second-order valence-corrected chi connectivity index (χ2v) is 4.91. The summed E-state index contributed by atoms with van der Waals surface area (Å²) < 4.78 is 32.3. The molecule has 0 aliphatic carbocycles. The molecule has 0 bridgehead atoms. The molecule has 2 rings (SSSR count). The highest BCUT2D eigenvalue weighted by molar-refractivity contribution is 5.50. The van der Waals surface area contributed by atoms with E-state index < -0.39 is 11.6 Å². The number of aromatic nitrogens is 2. The van der Waals surface area contributed by atoms with E-state index in [9.17, 15) is 8.78 Å². The minimum absolute atomic E-state index is 0.0166. The summed E-state index contributed by atoms with van der Waals surface area (Å²) in [7, 11) is 0. The largest absolute Gasteiger partial charge is 0.457 e. The minimum Gasteiger partial charge on any atom is -0.457 e. The number of benzene rings is 1. The van der Waals surface area contributed by atoms with Crippen molar-refractivity contribution < 1.29 is 13.5 Å². The molecule has 0 saturated heterocycles. The highest BCUT2D eigenvalue weighted by Gasteiger charge is 2.08. The molecule has 122 valence electrons. The number of ether oxygens (including phenoxy) is 1. The molecular weight excluding hydrogens is 304 g/mol. The van der Waals surface area contributed by atoms with Crippen LogP contribution in [-0.4, -0.2) is 16.6 Å². The molecule has 0 aliphatic heterocycles. The Morgan fingerprint density at radius 3 is 2.78 bits per heavy atom. The Kier molecular flexibility index (Phi) is 4.95. The standard InChI is InChI=1S/C15H17F2N5O/c1-8-5-21-15(22-14(8)19)23-7-10(18)6-20-12-4-3-11(16)9(2)13(12)17/h3-6,20H,7,18H2,1-2H3,(H2,19,21,22)/b10-6-. The van der Waals surface area contributed by atoms with Crippen LogP contribution in [0.5, 0.6) is 6.01 Å². The number of nitrogens with two attached hydrogens (primary N) is 2. The summed E-state index contributed by atoms with van der Waals surface area (Å²) in [5.41, 5.74) is 12.4. The van der Waals surface area contributed by atoms with Gasteiger partial charge >= 0.3 is 6.01 Å². The van der Waals surface area contributed by atoms with Crippen LogP contribution in [0, 0.1) is 25.5 Å². The van der Waals surface area contributed by atoms with Gasteiger partial charge in [0.15, 0.2) is 5.82 Å². The fourth-order valence-electron chi connectivity index (χ4n) is 1.64. The Morgan fingerprint density at radius 2 is 2.09 bits per heavy atom. The average Bonchev–Trinajstić information content (AvgIpc) is 2.53. The van der Waals surface area contributed by atoms with Gasteiger partial charge < -0.3 is 21.5 Å². The van der Waals surface area contributed by atoms with Gasteiger partial charge in [0.2, 0.25) is 0 Å². The van der Waals surface area contributed by atoms with Crippen molar-refractivity contribution in [2.24, 2.45) is 5.73 Å². The number of nitrogens with zero attached hydrogens (tertiary/aromatic N) is 2. The minimum atomic E-state index is -0.676. The van der Waals surface area contributed by atoms with Crippen molar-refractivity contribution in [3.05, 3.63) is 53.0 Å². The first-order chi connectivity index (χ1) is 10.9. The topological polar surface area (TPSA) is 99.1 Å². The van der Waals surface area contributed by atoms with Gasteiger partial charge in [0.25, 0.3) is 0 Å². The van der Waals surface area contributed by atoms with Crippen molar-refractivity contribution in [3.63, 3.8) is 0 Å². The monoisotopic (exact) mass is 321 g/mol. The van der Waals surface area contributed by atoms with E-state index in [0.717, 1.165) is 5.56 Å². The Bertz CT molecular complexity index is 749. The predicted octanol–water partition coefficient (Wildman–Crippen LogP) is 2.24. The number of aryl methyl sites for hydroxylation is 1. The van der Waals surface area contributed by atoms with Crippen molar-refractivity contribution in [2.75, 3.05) is 17.7 Å². The van der Waals surface area contributed by atoms with Crippen LogP contribution in [0.15, 0.2) is 30.2 Å². The number of anilines is 2. The molecule has 5 N–H and O–H groups in total. The Balaban J connectivity index is 1.98. The molecule has 8 heteroatoms. The van der Waals surface area contributed by atoms with Crippen LogP contribution in [0.25, 0.3) is 0 Å². The lowest BCUT2D eigenvalue weighted by atomic mass is 10.2. The number of hydrogen-bond acceptors (Lipinski definition) is 6. The van der Waals surface area contributed by atoms with E-state index in [2.05, 4.69) is 15.3 Å². The van der Waals surface area contributed by atoms with Crippen LogP contribution in [0.1, 0.15) is 11.1 Å². The molecule has 1 aromatic heterocycles. The van der Waals surface area contributed by atoms with Gasteiger partial charge in [-0.05, 0) is 26.0 Å². The zero-order valence-electron chi connectivity index (χ0n) is 12.7. The van der Waals surface area contributed by atoms with Crippen LogP contribution in [0.2, 0.25) is 0 Å². The summed E-state index contributed by atoms with van der Waals surface area (Å²) in [6.45, 7) is 3.11. The van der Waals surface area contributed by atoms with E-state index in [4.69, 9.17) is 16.2 Å². The zero-order valence-corrected chi connectivity index (χ0v) is 12.7. The van der Waals surface area contributed by atoms with Gasteiger partial charge in [-0.1, -0.05) is 0 Å². The molecule has 0 saturated carbocycles. The number of nitrogen functional groups attached to an aromatic ring is 1. The van der Waals surface area contributed by atoms with E-state index in [1.165, 1.54) is 31.5 Å². The van der Waals surface area contributed by atoms with Crippen LogP contribution < -0.4 is 21.5 Å². The quantitative estimate of drug-likeness (QED) is 0.781. The average molecular weight is 321 g/mol. The molecule has 0 amide bonds. The molecule has 0 fully saturated rings. The molecule has 0 aliphatic rings. The fourth-order valence-corrected chi connectivity index (χ4v) is 1.64. The lowest BCUT2D eigenvalue weighted by Gasteiger charge is -2.08. The SMILES string of the molecule is Cc1cnc(OC/C(N)=C/Nc2ccc(F)c(C)c2F)nc1N. The molecular formula is C15H17F2N5O. The maximum Gasteiger partial charge on any atom is 0.318 e. The molecule has 0 atom stereocenters. The molecule has 1 heterocycles. The molecule has 6 nitrogen and oxygen atoms in total. The third-order valence-electron chi connectivity index (χ3n) is 3.09. The molecule has 2 aromatic rings. The van der Waals surface area contributed by atoms with Gasteiger partial charge in [0.05, 0.1) is 11.4 Å². The molecule has 1 aromatic carbocycles. The van der Waals surface area contributed by atoms with Gasteiger partial charge in [-0.25, -0.2) is 13.8 Å². The first-order valence-electron chi connectivity index (χ1n) is 6.76. The summed E-state index contributed by atoms with van der Waals surface area (Å²) in [6.07, 6.45) is 2.89. The van der Waals surface area contributed by atoms with Crippen LogP contribution in [-0.2, 0) is 0 Å². The van der Waals surface area contributed by atoms with E-state index >= 15 is 0 Å². The van der Waals surface area contributed by atoms with Gasteiger partial charge in [-0.15, -0.1) is 0 Å². The van der Waals surface area contributed by atoms with Crippen molar-refractivity contribution in [1.82, 2.24) is 9.97 Å². The van der Waals surface area contributed by atoms with Crippen LogP contribution in [0.4, 0.5) is 20.3 Å². The summed E-state index contributed by atoms with van der Waals surface area (Å²) in [5.74, 6) is -0.966. The van der Waals surface area contributed by atoms with Crippen molar-refractivity contribution in [3.8, 4) is 6.01 Å². The van der Waals surface area contributed by atoms with E-state index in [0.29, 0.717) is 5.82 Å². The second kappa shape index (κ2) is 6.91. The van der Waals surface area contributed by atoms with Gasteiger partial charge in [-0.3, -0.25) is 0 Å². The van der Waals surface area contributed by atoms with E-state index in [-0.39, 0.29) is 29.6 Å². The first kappa shape index (κ1) is 16.5. The van der Waals surface area contributed by atoms with Gasteiger partial charge in [0.1, 0.15) is 18.2 Å². The molecule has 0 unspecified atom stereocenters. The summed E-state index contributed by atoms with van der Waals surface area (Å²) in [4.78, 5) is 7.88. The van der Waals surface area contributed by atoms with Crippen LogP contribution in [0.3, 0.4) is 0 Å². The lowest BCUT2D eigenvalue weighted by Crippen LogP contribution is -2.13. The predicted molar refractivity (Wildman–Crippen MR) is 83.7 cm³/mol. The normalized spacial score (nSPS) is 11.4. The zero-order chi connectivity index (χ0) is 17.0. The van der Waals surface area contributed by atoms with E-state index in [1.807, 2.05) is 0 Å². The Hall–Kier alpha value is -2.90. The maximum atomic E-state index is 13.8. The smallest absolute Gasteiger partial charge is 0.318 e. The third kappa shape index (κ3) is 4.06. The summed E-state index contributed by atoms with van der Waals surface area (Å²) in [5, 5.41) is 2.66. The fraction of sp³-hybridized carbons (Fsp3) is 0.200. The summed E-state index contributed by atoms with van der Waals surface area (Å²) >= 11 is 0. The first-order valence-corrected chi connectivity index (χ1v) is 6.76. The summed E-state index contributed by atoms with van der Waals surface area (Å²) in [6, 6.07) is 2.55. The highest BCUT2D eigenvalue weighted by Crippen LogP contribution is 2.20. The second-order valence-electron chi connectivity index (χ2n) is 4.91. The molecule has 23 heavy (non-hydrogen) atoms. The van der Waals surface area contributed by atoms with Crippen molar-refractivity contribution in [2.45, 2.75) is 13.8 Å². The third-order valence-corrected chi connectivity index (χ3v) is 3.09. The van der Waals surface area contributed by atoms with Gasteiger partial charge in [-0.2, -0.15) is 4.98 Å². The van der Waals surface area contributed by atoms with Crippen molar-refractivity contribution >= 4 is 11.5 Å². The number of nitrogens with one attached hydrogen (secondary N) is 1.